The number of aliphatic carboxylic acids is 1. The smallest absolute Gasteiger partial charge is 0.306 e. The lowest BCUT2D eigenvalue weighted by Gasteiger charge is -2.34. The zero-order valence-electron chi connectivity index (χ0n) is 34.5. The van der Waals surface area contributed by atoms with Crippen LogP contribution >= 0.6 is 0 Å². The van der Waals surface area contributed by atoms with Gasteiger partial charge in [-0.3, -0.25) is 9.59 Å². The van der Waals surface area contributed by atoms with Gasteiger partial charge < -0.3 is 28.6 Å². The maximum absolute atomic E-state index is 12.7. The van der Waals surface area contributed by atoms with Gasteiger partial charge in [-0.1, -0.05) is 154 Å². The Morgan fingerprint density at radius 2 is 1.00 bits per heavy atom. The van der Waals surface area contributed by atoms with Gasteiger partial charge in [0.15, 0.2) is 6.10 Å². The molecule has 0 aliphatic carbocycles. The lowest BCUT2D eigenvalue weighted by Crippen LogP contribution is -2.55. The molecular formula is C44H81NO7. The van der Waals surface area contributed by atoms with Crippen molar-refractivity contribution in [2.24, 2.45) is 0 Å². The van der Waals surface area contributed by atoms with Gasteiger partial charge in [0.25, 0.3) is 0 Å². The number of unbranched alkanes of at least 4 members (excludes halogenated alkanes) is 21. The van der Waals surface area contributed by atoms with E-state index in [9.17, 15) is 19.5 Å². The minimum Gasteiger partial charge on any atom is -0.544 e. The Balaban J connectivity index is 4.36. The van der Waals surface area contributed by atoms with Crippen LogP contribution < -0.4 is 5.11 Å². The number of carbonyl (C=O) groups excluding carboxylic acids is 3. The molecule has 0 rings (SSSR count). The fourth-order valence-electron chi connectivity index (χ4n) is 6.24. The highest BCUT2D eigenvalue weighted by Gasteiger charge is 2.25. The molecule has 0 aromatic heterocycles. The maximum atomic E-state index is 12.7. The van der Waals surface area contributed by atoms with Crippen molar-refractivity contribution in [3.8, 4) is 0 Å². The molecule has 8 heteroatoms. The van der Waals surface area contributed by atoms with Crippen LogP contribution in [-0.2, 0) is 28.6 Å². The van der Waals surface area contributed by atoms with Gasteiger partial charge in [-0.25, -0.2) is 0 Å². The summed E-state index contributed by atoms with van der Waals surface area (Å²) in [6.45, 7) is 4.63. The topological polar surface area (TPSA) is 102 Å². The van der Waals surface area contributed by atoms with Gasteiger partial charge in [-0.2, -0.15) is 0 Å². The molecule has 0 radical (unpaired) electrons. The standard InChI is InChI=1S/C44H81NO7/c1-6-8-10-12-14-16-18-19-20-21-22-23-24-25-27-29-31-33-35-43(47)52-40(38-50-37-36-41(44(48)49)45(3,4)5)39-51-42(46)34-32-30-28-26-17-15-13-11-9-7-2/h20-23,40-41H,6-19,24-39H2,1-5H3/b21-20+,23-22+. The van der Waals surface area contributed by atoms with Crippen molar-refractivity contribution < 1.29 is 38.2 Å². The lowest BCUT2D eigenvalue weighted by molar-refractivity contribution is -0.889. The Labute approximate surface area is 320 Å². The summed E-state index contributed by atoms with van der Waals surface area (Å²) in [5, 5.41) is 11.6. The normalized spacial score (nSPS) is 13.2. The predicted octanol–water partition coefficient (Wildman–Crippen LogP) is 9.97. The average Bonchev–Trinajstić information content (AvgIpc) is 3.09. The monoisotopic (exact) mass is 736 g/mol. The molecule has 0 aliphatic rings. The number of nitrogens with zero attached hydrogens (tertiary/aromatic N) is 1. The van der Waals surface area contributed by atoms with Gasteiger partial charge in [-0.05, 0) is 38.5 Å². The molecule has 0 aromatic rings. The second-order valence-corrected chi connectivity index (χ2v) is 15.6. The van der Waals surface area contributed by atoms with Gasteiger partial charge in [0.2, 0.25) is 0 Å². The van der Waals surface area contributed by atoms with Crippen LogP contribution in [0, 0.1) is 0 Å². The highest BCUT2D eigenvalue weighted by Crippen LogP contribution is 2.14. The number of esters is 2. The number of hydrogen-bond donors (Lipinski definition) is 0. The molecule has 2 unspecified atom stereocenters. The summed E-state index contributed by atoms with van der Waals surface area (Å²) in [4.78, 5) is 36.7. The molecule has 0 aliphatic heterocycles. The number of carbonyl (C=O) groups is 3. The molecule has 2 atom stereocenters. The maximum Gasteiger partial charge on any atom is 0.306 e. The molecule has 304 valence electrons. The van der Waals surface area contributed by atoms with E-state index < -0.39 is 18.1 Å². The predicted molar refractivity (Wildman–Crippen MR) is 213 cm³/mol. The number of carboxylic acid groups (broad SMARTS) is 1. The van der Waals surface area contributed by atoms with E-state index in [4.69, 9.17) is 14.2 Å². The first kappa shape index (κ1) is 49.8. The molecule has 8 nitrogen and oxygen atoms in total. The number of rotatable bonds is 38. The molecular weight excluding hydrogens is 654 g/mol. The molecule has 0 bridgehead atoms. The second kappa shape index (κ2) is 35.8. The van der Waals surface area contributed by atoms with Crippen LogP contribution in [-0.4, -0.2) is 75.5 Å². The highest BCUT2D eigenvalue weighted by molar-refractivity contribution is 5.70. The third-order valence-corrected chi connectivity index (χ3v) is 9.62. The quantitative estimate of drug-likeness (QED) is 0.0269. The van der Waals surface area contributed by atoms with Crippen molar-refractivity contribution in [2.45, 2.75) is 199 Å². The zero-order valence-corrected chi connectivity index (χ0v) is 34.5. The first-order valence-corrected chi connectivity index (χ1v) is 21.4. The van der Waals surface area contributed by atoms with E-state index in [-0.39, 0.29) is 42.7 Å². The zero-order chi connectivity index (χ0) is 38.5. The van der Waals surface area contributed by atoms with E-state index in [2.05, 4.69) is 38.2 Å². The van der Waals surface area contributed by atoms with E-state index in [0.29, 0.717) is 12.8 Å². The highest BCUT2D eigenvalue weighted by atomic mass is 16.6. The number of carboxylic acids is 1. The van der Waals surface area contributed by atoms with Crippen molar-refractivity contribution in [3.63, 3.8) is 0 Å². The Hall–Kier alpha value is -2.19. The molecule has 0 saturated heterocycles. The summed E-state index contributed by atoms with van der Waals surface area (Å²) in [5.74, 6) is -1.75. The largest absolute Gasteiger partial charge is 0.544 e. The fraction of sp³-hybridized carbons (Fsp3) is 0.841. The van der Waals surface area contributed by atoms with Crippen LogP contribution in [0.4, 0.5) is 0 Å². The Morgan fingerprint density at radius 1 is 0.577 bits per heavy atom. The molecule has 0 spiro atoms. The number of hydrogen-bond acceptors (Lipinski definition) is 7. The lowest BCUT2D eigenvalue weighted by atomic mass is 10.1. The van der Waals surface area contributed by atoms with Gasteiger partial charge in [0, 0.05) is 19.3 Å². The molecule has 0 aromatic carbocycles. The van der Waals surface area contributed by atoms with Crippen LogP contribution in [0.3, 0.4) is 0 Å². The van der Waals surface area contributed by atoms with E-state index in [1.165, 1.54) is 96.3 Å². The Morgan fingerprint density at radius 3 is 1.44 bits per heavy atom. The molecule has 0 fully saturated rings. The second-order valence-electron chi connectivity index (χ2n) is 15.6. The summed E-state index contributed by atoms with van der Waals surface area (Å²) in [7, 11) is 5.40. The van der Waals surface area contributed by atoms with Crippen LogP contribution in [0.25, 0.3) is 0 Å². The third kappa shape index (κ3) is 33.6. The van der Waals surface area contributed by atoms with Gasteiger partial charge >= 0.3 is 11.9 Å². The first-order chi connectivity index (χ1) is 25.1. The van der Waals surface area contributed by atoms with E-state index >= 15 is 0 Å². The molecule has 0 amide bonds. The average molecular weight is 736 g/mol. The number of quaternary nitrogens is 1. The van der Waals surface area contributed by atoms with Crippen molar-refractivity contribution in [2.75, 3.05) is 41.0 Å². The SMILES string of the molecule is CCCCCCCCC/C=C/C=C/CCCCCCCC(=O)OC(COCCC(C(=O)[O-])[N+](C)(C)C)COC(=O)CCCCCCCCCCCC. The molecule has 0 N–H and O–H groups in total. The molecule has 0 heterocycles. The van der Waals surface area contributed by atoms with Crippen molar-refractivity contribution in [1.82, 2.24) is 0 Å². The summed E-state index contributed by atoms with van der Waals surface area (Å²) < 4.78 is 17.1. The molecule has 52 heavy (non-hydrogen) atoms. The number of allylic oxidation sites excluding steroid dienone is 4. The van der Waals surface area contributed by atoms with Crippen LogP contribution in [0.15, 0.2) is 24.3 Å². The van der Waals surface area contributed by atoms with Crippen molar-refractivity contribution >= 4 is 17.9 Å². The Bertz CT molecular complexity index is 911. The minimum absolute atomic E-state index is 0.0377. The van der Waals surface area contributed by atoms with Crippen LogP contribution in [0.2, 0.25) is 0 Å². The summed E-state index contributed by atoms with van der Waals surface area (Å²) in [6, 6.07) is -0.725. The van der Waals surface area contributed by atoms with E-state index in [0.717, 1.165) is 57.8 Å². The van der Waals surface area contributed by atoms with Crippen LogP contribution in [0.1, 0.15) is 187 Å². The van der Waals surface area contributed by atoms with Gasteiger partial charge in [0.05, 0.1) is 40.3 Å². The third-order valence-electron chi connectivity index (χ3n) is 9.62. The van der Waals surface area contributed by atoms with E-state index in [1.54, 1.807) is 21.1 Å². The molecule has 0 saturated carbocycles. The summed E-state index contributed by atoms with van der Waals surface area (Å²) >= 11 is 0. The Kier molecular flexibility index (Phi) is 34.3. The van der Waals surface area contributed by atoms with Crippen molar-refractivity contribution in [1.29, 1.82) is 0 Å². The number of likely N-dealkylation sites (N-methyl/N-ethyl adjacent to an activating group) is 1. The fourth-order valence-corrected chi connectivity index (χ4v) is 6.24. The van der Waals surface area contributed by atoms with Crippen molar-refractivity contribution in [3.05, 3.63) is 24.3 Å². The van der Waals surface area contributed by atoms with Crippen LogP contribution in [0.5, 0.6) is 0 Å². The summed E-state index contributed by atoms with van der Waals surface area (Å²) in [6.07, 6.45) is 37.7. The first-order valence-electron chi connectivity index (χ1n) is 21.4. The number of ether oxygens (including phenoxy) is 3. The van der Waals surface area contributed by atoms with Gasteiger partial charge in [0.1, 0.15) is 12.6 Å². The van der Waals surface area contributed by atoms with Gasteiger partial charge in [-0.15, -0.1) is 0 Å². The summed E-state index contributed by atoms with van der Waals surface area (Å²) in [5.41, 5.74) is 0. The minimum atomic E-state index is -1.13. The van der Waals surface area contributed by atoms with E-state index in [1.807, 2.05) is 0 Å².